The van der Waals surface area contributed by atoms with Gasteiger partial charge in [0, 0.05) is 12.8 Å². The molecule has 0 spiro atoms. The Bertz CT molecular complexity index is 1030. The Hall–Kier alpha value is -1.25. The molecule has 0 fully saturated rings. The van der Waals surface area contributed by atoms with Crippen LogP contribution in [-0.2, 0) is 32.7 Å². The van der Waals surface area contributed by atoms with Gasteiger partial charge < -0.3 is 18.9 Å². The van der Waals surface area contributed by atoms with E-state index in [1.165, 1.54) is 167 Å². The van der Waals surface area contributed by atoms with E-state index in [9.17, 15) is 19.0 Å². The van der Waals surface area contributed by atoms with Gasteiger partial charge in [0.2, 0.25) is 0 Å². The molecule has 10 heteroatoms. The first-order valence-corrected chi connectivity index (χ1v) is 26.9. The van der Waals surface area contributed by atoms with E-state index in [1.807, 2.05) is 21.1 Å². The van der Waals surface area contributed by atoms with Crippen LogP contribution in [0.5, 0.6) is 0 Å². The Balaban J connectivity index is 4.23. The molecule has 0 aliphatic heterocycles. The summed E-state index contributed by atoms with van der Waals surface area (Å²) in [4.78, 5) is 35.5. The fourth-order valence-corrected chi connectivity index (χ4v) is 8.05. The molecule has 0 rings (SSSR count). The molecule has 0 aliphatic rings. The zero-order chi connectivity index (χ0) is 44.3. The van der Waals surface area contributed by atoms with E-state index in [2.05, 4.69) is 26.0 Å². The number of nitrogens with zero attached hydrogens (tertiary/aromatic N) is 1. The number of likely N-dealkylation sites (N-methyl/N-ethyl adjacent to an activating group) is 1. The molecule has 0 radical (unpaired) electrons. The highest BCUT2D eigenvalue weighted by Gasteiger charge is 2.27. The van der Waals surface area contributed by atoms with Gasteiger partial charge in [-0.3, -0.25) is 18.6 Å². The Morgan fingerprint density at radius 3 is 1.23 bits per heavy atom. The number of carbonyl (C=O) groups is 2. The summed E-state index contributed by atoms with van der Waals surface area (Å²) in [7, 11) is 1.49. The second-order valence-corrected chi connectivity index (χ2v) is 20.0. The fourth-order valence-electron chi connectivity index (χ4n) is 7.31. The van der Waals surface area contributed by atoms with E-state index >= 15 is 0 Å². The molecular formula is C50H99NO8P+. The summed E-state index contributed by atoms with van der Waals surface area (Å²) >= 11 is 0. The van der Waals surface area contributed by atoms with Crippen molar-refractivity contribution in [1.29, 1.82) is 0 Å². The topological polar surface area (TPSA) is 108 Å². The molecule has 0 aromatic carbocycles. The molecule has 1 N–H and O–H groups in total. The van der Waals surface area contributed by atoms with Crippen molar-refractivity contribution >= 4 is 19.8 Å². The minimum atomic E-state index is -4.37. The maximum absolute atomic E-state index is 12.7. The maximum atomic E-state index is 12.7. The SMILES string of the molecule is CCCCCCCC/C=C\CCCCCCCCCC(=O)OC(COC(=O)CCCCCCCCCCCCCCCCCCCCC)COP(=O)(O)OCC[N+](C)(C)C. The van der Waals surface area contributed by atoms with Gasteiger partial charge in [-0.15, -0.1) is 0 Å². The van der Waals surface area contributed by atoms with E-state index in [-0.39, 0.29) is 25.6 Å². The highest BCUT2D eigenvalue weighted by Crippen LogP contribution is 2.43. The van der Waals surface area contributed by atoms with Gasteiger partial charge in [-0.25, -0.2) is 4.57 Å². The molecule has 356 valence electrons. The molecule has 2 unspecified atom stereocenters. The average Bonchev–Trinajstić information content (AvgIpc) is 3.20. The number of ether oxygens (including phenoxy) is 2. The van der Waals surface area contributed by atoms with E-state index in [1.54, 1.807) is 0 Å². The first-order valence-electron chi connectivity index (χ1n) is 25.4. The van der Waals surface area contributed by atoms with Crippen molar-refractivity contribution in [3.05, 3.63) is 12.2 Å². The third-order valence-electron chi connectivity index (χ3n) is 11.3. The monoisotopic (exact) mass is 873 g/mol. The van der Waals surface area contributed by atoms with Gasteiger partial charge in [0.15, 0.2) is 6.10 Å². The molecule has 60 heavy (non-hydrogen) atoms. The Kier molecular flexibility index (Phi) is 42.1. The Morgan fingerprint density at radius 2 is 0.850 bits per heavy atom. The van der Waals surface area contributed by atoms with E-state index < -0.39 is 26.5 Å². The molecule has 0 aromatic heterocycles. The van der Waals surface area contributed by atoms with Crippen molar-refractivity contribution in [3.63, 3.8) is 0 Å². The van der Waals surface area contributed by atoms with Crippen LogP contribution in [0.1, 0.15) is 245 Å². The number of rotatable bonds is 47. The number of unbranched alkanes of at least 4 members (excludes halogenated alkanes) is 31. The van der Waals surface area contributed by atoms with Gasteiger partial charge >= 0.3 is 19.8 Å². The third-order valence-corrected chi connectivity index (χ3v) is 12.3. The molecular weight excluding hydrogens is 774 g/mol. The maximum Gasteiger partial charge on any atom is 0.472 e. The highest BCUT2D eigenvalue weighted by atomic mass is 31.2. The van der Waals surface area contributed by atoms with Crippen LogP contribution in [0.3, 0.4) is 0 Å². The zero-order valence-electron chi connectivity index (χ0n) is 40.2. The smallest absolute Gasteiger partial charge is 0.462 e. The molecule has 0 aliphatic carbocycles. The van der Waals surface area contributed by atoms with Crippen LogP contribution in [0.25, 0.3) is 0 Å². The molecule has 0 saturated heterocycles. The van der Waals surface area contributed by atoms with Crippen molar-refractivity contribution in [2.24, 2.45) is 0 Å². The lowest BCUT2D eigenvalue weighted by Gasteiger charge is -2.24. The second kappa shape index (κ2) is 43.0. The Morgan fingerprint density at radius 1 is 0.500 bits per heavy atom. The number of phosphoric acid groups is 1. The van der Waals surface area contributed by atoms with Crippen molar-refractivity contribution in [1.82, 2.24) is 0 Å². The van der Waals surface area contributed by atoms with Crippen LogP contribution in [0.15, 0.2) is 12.2 Å². The average molecular weight is 873 g/mol. The summed E-state index contributed by atoms with van der Waals surface area (Å²) in [5.41, 5.74) is 0. The molecule has 0 amide bonds. The second-order valence-electron chi connectivity index (χ2n) is 18.6. The van der Waals surface area contributed by atoms with Gasteiger partial charge in [0.05, 0.1) is 27.7 Å². The van der Waals surface area contributed by atoms with Crippen molar-refractivity contribution in [2.45, 2.75) is 251 Å². The van der Waals surface area contributed by atoms with Crippen LogP contribution >= 0.6 is 7.82 Å². The molecule has 0 saturated carbocycles. The molecule has 0 heterocycles. The number of quaternary nitrogens is 1. The van der Waals surface area contributed by atoms with Crippen LogP contribution < -0.4 is 0 Å². The fraction of sp³-hybridized carbons (Fsp3) is 0.920. The Labute approximate surface area is 371 Å². The van der Waals surface area contributed by atoms with E-state index in [0.717, 1.165) is 44.9 Å². The van der Waals surface area contributed by atoms with Crippen LogP contribution in [0.2, 0.25) is 0 Å². The lowest BCUT2D eigenvalue weighted by Crippen LogP contribution is -2.37. The summed E-state index contributed by atoms with van der Waals surface area (Å²) in [5.74, 6) is -0.788. The summed E-state index contributed by atoms with van der Waals surface area (Å²) in [5, 5.41) is 0. The van der Waals surface area contributed by atoms with Crippen LogP contribution in [-0.4, -0.2) is 74.9 Å². The highest BCUT2D eigenvalue weighted by molar-refractivity contribution is 7.47. The van der Waals surface area contributed by atoms with Gasteiger partial charge in [0.1, 0.15) is 19.8 Å². The van der Waals surface area contributed by atoms with Gasteiger partial charge in [0.25, 0.3) is 0 Å². The largest absolute Gasteiger partial charge is 0.472 e. The van der Waals surface area contributed by atoms with E-state index in [4.69, 9.17) is 18.5 Å². The predicted octanol–water partition coefficient (Wildman–Crippen LogP) is 14.9. The number of hydrogen-bond acceptors (Lipinski definition) is 7. The van der Waals surface area contributed by atoms with Crippen molar-refractivity contribution in [2.75, 3.05) is 47.5 Å². The lowest BCUT2D eigenvalue weighted by molar-refractivity contribution is -0.870. The summed E-state index contributed by atoms with van der Waals surface area (Å²) in [6, 6.07) is 0. The minimum absolute atomic E-state index is 0.0342. The van der Waals surface area contributed by atoms with Crippen molar-refractivity contribution in [3.8, 4) is 0 Å². The third kappa shape index (κ3) is 46.3. The standard InChI is InChI=1S/C50H98NO8P/c1-6-8-10-12-14-16-18-20-22-24-25-27-28-30-32-34-36-38-40-42-49(52)56-46-48(47-58-60(54,55)57-45-44-51(3,4)5)59-50(53)43-41-39-37-35-33-31-29-26-23-21-19-17-15-13-11-9-7-2/h21,23,48H,6-20,22,24-47H2,1-5H3/p+1/b23-21-. The zero-order valence-corrected chi connectivity index (χ0v) is 41.1. The predicted molar refractivity (Wildman–Crippen MR) is 252 cm³/mol. The number of esters is 2. The number of phosphoric ester groups is 1. The van der Waals surface area contributed by atoms with Crippen LogP contribution in [0, 0.1) is 0 Å². The molecule has 2 atom stereocenters. The molecule has 9 nitrogen and oxygen atoms in total. The number of allylic oxidation sites excluding steroid dienone is 2. The first kappa shape index (κ1) is 58.8. The van der Waals surface area contributed by atoms with Gasteiger partial charge in [-0.2, -0.15) is 0 Å². The summed E-state index contributed by atoms with van der Waals surface area (Å²) < 4.78 is 34.4. The molecule has 0 bridgehead atoms. The van der Waals surface area contributed by atoms with Crippen molar-refractivity contribution < 1.29 is 42.1 Å². The van der Waals surface area contributed by atoms with Gasteiger partial charge in [-0.1, -0.05) is 206 Å². The molecule has 0 aromatic rings. The summed E-state index contributed by atoms with van der Waals surface area (Å²) in [6.07, 6.45) is 46.9. The normalized spacial score (nSPS) is 13.5. The lowest BCUT2D eigenvalue weighted by atomic mass is 10.0. The first-order chi connectivity index (χ1) is 29.0. The quantitative estimate of drug-likeness (QED) is 0.0212. The number of hydrogen-bond donors (Lipinski definition) is 1. The van der Waals surface area contributed by atoms with E-state index in [0.29, 0.717) is 23.9 Å². The summed E-state index contributed by atoms with van der Waals surface area (Å²) in [6.45, 7) is 4.46. The minimum Gasteiger partial charge on any atom is -0.462 e. The van der Waals surface area contributed by atoms with Crippen LogP contribution in [0.4, 0.5) is 0 Å². The number of carbonyl (C=O) groups excluding carboxylic acids is 2. The van der Waals surface area contributed by atoms with Gasteiger partial charge in [-0.05, 0) is 38.5 Å².